The Labute approximate surface area is 164 Å². The van der Waals surface area contributed by atoms with Crippen LogP contribution in [0.25, 0.3) is 0 Å². The summed E-state index contributed by atoms with van der Waals surface area (Å²) in [7, 11) is 1.42. The molecule has 2 aromatic carbocycles. The van der Waals surface area contributed by atoms with Crippen LogP contribution in [0, 0.1) is 17.0 Å². The molecule has 0 saturated carbocycles. The lowest BCUT2D eigenvalue weighted by molar-refractivity contribution is -0.384. The number of nitro benzene ring substituents is 1. The second-order valence-corrected chi connectivity index (χ2v) is 6.16. The number of ether oxygens (including phenoxy) is 2. The van der Waals surface area contributed by atoms with Crippen molar-refractivity contribution in [3.8, 4) is 5.75 Å². The number of non-ortho nitro benzene ring substituents is 1. The van der Waals surface area contributed by atoms with Crippen LogP contribution in [0.2, 0.25) is 10.0 Å². The average Bonchev–Trinajstić information content (AvgIpc) is 2.62. The predicted octanol–water partition coefficient (Wildman–Crippen LogP) is 4.01. The Morgan fingerprint density at radius 2 is 1.89 bits per heavy atom. The largest absolute Gasteiger partial charge is 0.495 e. The SMILES string of the molecule is COc1cc(Cl)c(C)cc1NC(=O)COC(=O)c1ccc([N+](=O)[O-])cc1Cl. The normalized spacial score (nSPS) is 10.2. The number of anilines is 1. The maximum atomic E-state index is 12.0. The van der Waals surface area contributed by atoms with E-state index in [-0.39, 0.29) is 16.3 Å². The molecule has 142 valence electrons. The van der Waals surface area contributed by atoms with E-state index in [0.29, 0.717) is 16.5 Å². The van der Waals surface area contributed by atoms with E-state index in [0.717, 1.165) is 23.8 Å². The van der Waals surface area contributed by atoms with E-state index in [1.165, 1.54) is 7.11 Å². The van der Waals surface area contributed by atoms with Crippen LogP contribution < -0.4 is 10.1 Å². The number of esters is 1. The molecule has 0 bridgehead atoms. The number of hydrogen-bond acceptors (Lipinski definition) is 6. The van der Waals surface area contributed by atoms with Gasteiger partial charge in [0.25, 0.3) is 11.6 Å². The number of aryl methyl sites for hydroxylation is 1. The molecule has 27 heavy (non-hydrogen) atoms. The average molecular weight is 413 g/mol. The molecule has 0 aromatic heterocycles. The number of carbonyl (C=O) groups is 2. The molecule has 0 atom stereocenters. The summed E-state index contributed by atoms with van der Waals surface area (Å²) < 4.78 is 10.0. The first-order valence-electron chi connectivity index (χ1n) is 7.48. The van der Waals surface area contributed by atoms with E-state index in [1.54, 1.807) is 19.1 Å². The second kappa shape index (κ2) is 8.70. The molecule has 2 rings (SSSR count). The summed E-state index contributed by atoms with van der Waals surface area (Å²) in [4.78, 5) is 34.1. The Morgan fingerprint density at radius 3 is 2.48 bits per heavy atom. The third-order valence-electron chi connectivity index (χ3n) is 3.47. The van der Waals surface area contributed by atoms with E-state index >= 15 is 0 Å². The minimum absolute atomic E-state index is 0.0880. The lowest BCUT2D eigenvalue weighted by atomic mass is 10.2. The molecule has 8 nitrogen and oxygen atoms in total. The van der Waals surface area contributed by atoms with Gasteiger partial charge in [0.05, 0.1) is 28.3 Å². The van der Waals surface area contributed by atoms with Crippen LogP contribution in [-0.2, 0) is 9.53 Å². The van der Waals surface area contributed by atoms with Crippen LogP contribution in [0.5, 0.6) is 5.75 Å². The predicted molar refractivity (Wildman–Crippen MR) is 99.8 cm³/mol. The Kier molecular flexibility index (Phi) is 6.59. The number of nitro groups is 1. The topological polar surface area (TPSA) is 108 Å². The van der Waals surface area contributed by atoms with Gasteiger partial charge in [-0.25, -0.2) is 4.79 Å². The lowest BCUT2D eigenvalue weighted by Gasteiger charge is -2.12. The van der Waals surface area contributed by atoms with Crippen molar-refractivity contribution < 1.29 is 24.0 Å². The fourth-order valence-electron chi connectivity index (χ4n) is 2.11. The summed E-state index contributed by atoms with van der Waals surface area (Å²) in [6, 6.07) is 6.47. The first-order valence-corrected chi connectivity index (χ1v) is 8.23. The smallest absolute Gasteiger partial charge is 0.340 e. The molecule has 0 aliphatic rings. The third kappa shape index (κ3) is 5.08. The first-order chi connectivity index (χ1) is 12.7. The molecule has 1 amide bonds. The minimum Gasteiger partial charge on any atom is -0.495 e. The zero-order chi connectivity index (χ0) is 20.1. The van der Waals surface area contributed by atoms with E-state index in [4.69, 9.17) is 32.7 Å². The van der Waals surface area contributed by atoms with Crippen molar-refractivity contribution in [2.24, 2.45) is 0 Å². The fraction of sp³-hybridized carbons (Fsp3) is 0.176. The van der Waals surface area contributed by atoms with Crippen LogP contribution >= 0.6 is 23.2 Å². The van der Waals surface area contributed by atoms with Gasteiger partial charge in [-0.2, -0.15) is 0 Å². The number of halogens is 2. The summed E-state index contributed by atoms with van der Waals surface area (Å²) in [5, 5.41) is 13.6. The van der Waals surface area contributed by atoms with Gasteiger partial charge in [0.15, 0.2) is 6.61 Å². The summed E-state index contributed by atoms with van der Waals surface area (Å²) in [5.74, 6) is -1.14. The van der Waals surface area contributed by atoms with Gasteiger partial charge in [0, 0.05) is 23.2 Å². The van der Waals surface area contributed by atoms with Crippen LogP contribution in [0.1, 0.15) is 15.9 Å². The van der Waals surface area contributed by atoms with Crippen molar-refractivity contribution in [3.05, 3.63) is 61.6 Å². The van der Waals surface area contributed by atoms with Gasteiger partial charge in [-0.1, -0.05) is 23.2 Å². The zero-order valence-corrected chi connectivity index (χ0v) is 15.8. The highest BCUT2D eigenvalue weighted by Gasteiger charge is 2.18. The van der Waals surface area contributed by atoms with Gasteiger partial charge in [-0.15, -0.1) is 0 Å². The number of amides is 1. The maximum Gasteiger partial charge on any atom is 0.340 e. The Morgan fingerprint density at radius 1 is 1.19 bits per heavy atom. The van der Waals surface area contributed by atoms with Crippen LogP contribution in [0.15, 0.2) is 30.3 Å². The highest BCUT2D eigenvalue weighted by Crippen LogP contribution is 2.31. The van der Waals surface area contributed by atoms with E-state index < -0.39 is 23.4 Å². The summed E-state index contributed by atoms with van der Waals surface area (Å²) in [5.41, 5.74) is 0.741. The van der Waals surface area contributed by atoms with Crippen molar-refractivity contribution >= 4 is 46.5 Å². The first kappa shape index (κ1) is 20.5. The maximum absolute atomic E-state index is 12.0. The molecule has 0 fully saturated rings. The number of benzene rings is 2. The van der Waals surface area contributed by atoms with Crippen molar-refractivity contribution in [2.75, 3.05) is 19.0 Å². The Hall–Kier alpha value is -2.84. The van der Waals surface area contributed by atoms with Crippen molar-refractivity contribution in [3.63, 3.8) is 0 Å². The molecule has 0 radical (unpaired) electrons. The molecule has 0 aliphatic heterocycles. The van der Waals surface area contributed by atoms with Crippen LogP contribution in [0.4, 0.5) is 11.4 Å². The minimum atomic E-state index is -0.885. The fourth-order valence-corrected chi connectivity index (χ4v) is 2.51. The van der Waals surface area contributed by atoms with Crippen molar-refractivity contribution in [1.29, 1.82) is 0 Å². The van der Waals surface area contributed by atoms with Gasteiger partial charge in [-0.3, -0.25) is 14.9 Å². The Bertz CT molecular complexity index is 917. The van der Waals surface area contributed by atoms with Crippen LogP contribution in [0.3, 0.4) is 0 Å². The molecule has 2 aromatic rings. The summed E-state index contributed by atoms with van der Waals surface area (Å²) in [6.45, 7) is 1.17. The molecule has 0 heterocycles. The highest BCUT2D eigenvalue weighted by molar-refractivity contribution is 6.33. The quantitative estimate of drug-likeness (QED) is 0.436. The lowest BCUT2D eigenvalue weighted by Crippen LogP contribution is -2.21. The standard InChI is InChI=1S/C17H14Cl2N2O6/c1-9-5-14(15(26-2)7-12(9)18)20-16(22)8-27-17(23)11-4-3-10(21(24)25)6-13(11)19/h3-7H,8H2,1-2H3,(H,20,22). The number of rotatable bonds is 6. The molecule has 0 saturated heterocycles. The van der Waals surface area contributed by atoms with Gasteiger partial charge < -0.3 is 14.8 Å². The number of carbonyl (C=O) groups excluding carboxylic acids is 2. The van der Waals surface area contributed by atoms with E-state index in [1.807, 2.05) is 0 Å². The molecule has 1 N–H and O–H groups in total. The highest BCUT2D eigenvalue weighted by atomic mass is 35.5. The Balaban J connectivity index is 2.03. The van der Waals surface area contributed by atoms with Crippen LogP contribution in [-0.4, -0.2) is 30.5 Å². The molecule has 10 heteroatoms. The third-order valence-corrected chi connectivity index (χ3v) is 4.19. The zero-order valence-electron chi connectivity index (χ0n) is 14.2. The van der Waals surface area contributed by atoms with Gasteiger partial charge in [0.2, 0.25) is 0 Å². The monoisotopic (exact) mass is 412 g/mol. The van der Waals surface area contributed by atoms with E-state index in [9.17, 15) is 19.7 Å². The summed E-state index contributed by atoms with van der Waals surface area (Å²) >= 11 is 11.9. The molecule has 0 aliphatic carbocycles. The number of nitrogens with zero attached hydrogens (tertiary/aromatic N) is 1. The number of hydrogen-bond donors (Lipinski definition) is 1. The molecule has 0 unspecified atom stereocenters. The molecule has 0 spiro atoms. The second-order valence-electron chi connectivity index (χ2n) is 5.35. The van der Waals surface area contributed by atoms with Gasteiger partial charge >= 0.3 is 5.97 Å². The molecular weight excluding hydrogens is 399 g/mol. The van der Waals surface area contributed by atoms with E-state index in [2.05, 4.69) is 5.32 Å². The van der Waals surface area contributed by atoms with Gasteiger partial charge in [-0.05, 0) is 24.6 Å². The summed E-state index contributed by atoms with van der Waals surface area (Å²) in [6.07, 6.45) is 0. The number of nitrogens with one attached hydrogen (secondary N) is 1. The van der Waals surface area contributed by atoms with Crippen molar-refractivity contribution in [1.82, 2.24) is 0 Å². The van der Waals surface area contributed by atoms with Gasteiger partial charge in [0.1, 0.15) is 5.75 Å². The number of methoxy groups -OCH3 is 1. The molecular formula is C17H14Cl2N2O6. The van der Waals surface area contributed by atoms with Crippen molar-refractivity contribution in [2.45, 2.75) is 6.92 Å².